The molecule has 1 N–H and O–H groups in total. The van der Waals surface area contributed by atoms with E-state index in [4.69, 9.17) is 0 Å². The van der Waals surface area contributed by atoms with Crippen LogP contribution in [0.2, 0.25) is 0 Å². The highest BCUT2D eigenvalue weighted by molar-refractivity contribution is 4.76. The summed E-state index contributed by atoms with van der Waals surface area (Å²) >= 11 is 0. The predicted molar refractivity (Wildman–Crippen MR) is 50.5 cm³/mol. The number of piperidine rings is 1. The summed E-state index contributed by atoms with van der Waals surface area (Å²) in [6, 6.07) is 0.329. The van der Waals surface area contributed by atoms with E-state index in [2.05, 4.69) is 10.1 Å². The summed E-state index contributed by atoms with van der Waals surface area (Å²) in [7, 11) is 1.83. The Morgan fingerprint density at radius 3 is 2.73 bits per heavy atom. The van der Waals surface area contributed by atoms with Crippen LogP contribution in [-0.2, 0) is 4.74 Å². The second-order valence-electron chi connectivity index (χ2n) is 3.77. The zero-order valence-electron chi connectivity index (χ0n) is 8.81. The van der Waals surface area contributed by atoms with Crippen LogP contribution < -0.4 is 5.32 Å². The SMILES string of the molecule is CN(CCOC(F)(F)F)C1CCCNC1. The fourth-order valence-corrected chi connectivity index (χ4v) is 1.70. The molecule has 1 fully saturated rings. The van der Waals surface area contributed by atoms with E-state index in [0.717, 1.165) is 25.9 Å². The highest BCUT2D eigenvalue weighted by Crippen LogP contribution is 2.16. The third-order valence-corrected chi connectivity index (χ3v) is 2.60. The van der Waals surface area contributed by atoms with Gasteiger partial charge in [-0.05, 0) is 26.4 Å². The van der Waals surface area contributed by atoms with Crippen molar-refractivity contribution in [2.45, 2.75) is 25.2 Å². The van der Waals surface area contributed by atoms with Gasteiger partial charge in [0, 0.05) is 19.1 Å². The van der Waals surface area contributed by atoms with Gasteiger partial charge >= 0.3 is 6.36 Å². The molecule has 6 heteroatoms. The number of alkyl halides is 3. The molecule has 0 aliphatic carbocycles. The molecular weight excluding hydrogens is 209 g/mol. The summed E-state index contributed by atoms with van der Waals surface area (Å²) < 4.78 is 38.8. The van der Waals surface area contributed by atoms with Crippen LogP contribution in [0.25, 0.3) is 0 Å². The average molecular weight is 226 g/mol. The number of hydrogen-bond acceptors (Lipinski definition) is 3. The summed E-state index contributed by atoms with van der Waals surface area (Å²) in [5.41, 5.74) is 0. The van der Waals surface area contributed by atoms with Crippen LogP contribution in [0.5, 0.6) is 0 Å². The van der Waals surface area contributed by atoms with Crippen LogP contribution in [0, 0.1) is 0 Å². The Bertz CT molecular complexity index is 181. The molecule has 1 saturated heterocycles. The van der Waals surface area contributed by atoms with Crippen molar-refractivity contribution < 1.29 is 17.9 Å². The van der Waals surface area contributed by atoms with Crippen LogP contribution in [0.1, 0.15) is 12.8 Å². The first-order chi connectivity index (χ1) is 6.99. The Hall–Kier alpha value is -0.330. The lowest BCUT2D eigenvalue weighted by molar-refractivity contribution is -0.325. The number of nitrogens with zero attached hydrogens (tertiary/aromatic N) is 1. The molecule has 0 amide bonds. The van der Waals surface area contributed by atoms with E-state index in [1.54, 1.807) is 0 Å². The number of halogens is 3. The predicted octanol–water partition coefficient (Wildman–Crippen LogP) is 1.21. The van der Waals surface area contributed by atoms with Gasteiger partial charge in [-0.15, -0.1) is 13.2 Å². The van der Waals surface area contributed by atoms with Gasteiger partial charge in [-0.1, -0.05) is 0 Å². The maximum Gasteiger partial charge on any atom is 0.522 e. The third kappa shape index (κ3) is 5.34. The molecule has 0 aromatic heterocycles. The van der Waals surface area contributed by atoms with Crippen molar-refractivity contribution in [3.8, 4) is 0 Å². The maximum absolute atomic E-state index is 11.7. The molecule has 0 radical (unpaired) electrons. The van der Waals surface area contributed by atoms with E-state index in [1.165, 1.54) is 0 Å². The van der Waals surface area contributed by atoms with Gasteiger partial charge in [0.05, 0.1) is 6.61 Å². The van der Waals surface area contributed by atoms with Gasteiger partial charge in [0.25, 0.3) is 0 Å². The Morgan fingerprint density at radius 1 is 1.47 bits per heavy atom. The Kier molecular flexibility index (Phi) is 4.82. The van der Waals surface area contributed by atoms with E-state index >= 15 is 0 Å². The number of hydrogen-bond donors (Lipinski definition) is 1. The third-order valence-electron chi connectivity index (χ3n) is 2.60. The van der Waals surface area contributed by atoms with E-state index < -0.39 is 6.36 Å². The van der Waals surface area contributed by atoms with Crippen LogP contribution in [0.4, 0.5) is 13.2 Å². The molecular formula is C9H17F3N2O. The summed E-state index contributed by atoms with van der Waals surface area (Å²) in [5.74, 6) is 0. The van der Waals surface area contributed by atoms with E-state index in [1.807, 2.05) is 11.9 Å². The van der Waals surface area contributed by atoms with Gasteiger partial charge in [0.1, 0.15) is 0 Å². The molecule has 3 nitrogen and oxygen atoms in total. The zero-order chi connectivity index (χ0) is 11.3. The van der Waals surface area contributed by atoms with Crippen molar-refractivity contribution in [3.63, 3.8) is 0 Å². The van der Waals surface area contributed by atoms with E-state index in [9.17, 15) is 13.2 Å². The molecule has 0 aromatic carbocycles. The molecule has 1 aliphatic heterocycles. The van der Waals surface area contributed by atoms with Gasteiger partial charge < -0.3 is 5.32 Å². The molecule has 0 aromatic rings. The fourth-order valence-electron chi connectivity index (χ4n) is 1.70. The molecule has 1 aliphatic rings. The summed E-state index contributed by atoms with van der Waals surface area (Å²) in [6.45, 7) is 1.87. The molecule has 0 spiro atoms. The second-order valence-corrected chi connectivity index (χ2v) is 3.77. The highest BCUT2D eigenvalue weighted by Gasteiger charge is 2.29. The molecule has 0 saturated carbocycles. The first kappa shape index (κ1) is 12.7. The van der Waals surface area contributed by atoms with Gasteiger partial charge in [-0.3, -0.25) is 9.64 Å². The number of rotatable bonds is 4. The van der Waals surface area contributed by atoms with Gasteiger partial charge in [0.2, 0.25) is 0 Å². The average Bonchev–Trinajstić information content (AvgIpc) is 2.17. The molecule has 1 heterocycles. The van der Waals surface area contributed by atoms with Crippen molar-refractivity contribution in [1.82, 2.24) is 10.2 Å². The van der Waals surface area contributed by atoms with Crippen LogP contribution in [-0.4, -0.2) is 50.6 Å². The van der Waals surface area contributed by atoms with Crippen molar-refractivity contribution in [2.75, 3.05) is 33.3 Å². The topological polar surface area (TPSA) is 24.5 Å². The number of likely N-dealkylation sites (N-methyl/N-ethyl adjacent to an activating group) is 1. The van der Waals surface area contributed by atoms with E-state index in [-0.39, 0.29) is 6.61 Å². The van der Waals surface area contributed by atoms with Crippen LogP contribution in [0.15, 0.2) is 0 Å². The summed E-state index contributed by atoms with van der Waals surface area (Å²) in [5, 5.41) is 3.22. The Labute approximate surface area is 87.6 Å². The molecule has 1 rings (SSSR count). The number of ether oxygens (including phenoxy) is 1. The molecule has 90 valence electrons. The lowest BCUT2D eigenvalue weighted by Gasteiger charge is -2.31. The van der Waals surface area contributed by atoms with Gasteiger partial charge in [-0.25, -0.2) is 0 Å². The monoisotopic (exact) mass is 226 g/mol. The van der Waals surface area contributed by atoms with Crippen molar-refractivity contribution in [1.29, 1.82) is 0 Å². The van der Waals surface area contributed by atoms with Crippen molar-refractivity contribution in [2.24, 2.45) is 0 Å². The normalized spacial score (nSPS) is 23.4. The first-order valence-electron chi connectivity index (χ1n) is 5.10. The van der Waals surface area contributed by atoms with Crippen molar-refractivity contribution in [3.05, 3.63) is 0 Å². The van der Waals surface area contributed by atoms with Crippen molar-refractivity contribution >= 4 is 0 Å². The fraction of sp³-hybridized carbons (Fsp3) is 1.00. The molecule has 0 bridgehead atoms. The summed E-state index contributed by atoms with van der Waals surface area (Å²) in [6.07, 6.45) is -2.39. The highest BCUT2D eigenvalue weighted by atomic mass is 19.4. The van der Waals surface area contributed by atoms with E-state index in [0.29, 0.717) is 12.6 Å². The molecule has 1 unspecified atom stereocenters. The lowest BCUT2D eigenvalue weighted by Crippen LogP contribution is -2.45. The minimum absolute atomic E-state index is 0.295. The Balaban J connectivity index is 2.14. The quantitative estimate of drug-likeness (QED) is 0.779. The lowest BCUT2D eigenvalue weighted by atomic mass is 10.1. The molecule has 15 heavy (non-hydrogen) atoms. The van der Waals surface area contributed by atoms with Crippen LogP contribution in [0.3, 0.4) is 0 Å². The minimum atomic E-state index is -4.51. The smallest absolute Gasteiger partial charge is 0.315 e. The maximum atomic E-state index is 11.7. The summed E-state index contributed by atoms with van der Waals surface area (Å²) in [4.78, 5) is 1.91. The minimum Gasteiger partial charge on any atom is -0.315 e. The van der Waals surface area contributed by atoms with Gasteiger partial charge in [0.15, 0.2) is 0 Å². The second kappa shape index (κ2) is 5.67. The van der Waals surface area contributed by atoms with Crippen LogP contribution >= 0.6 is 0 Å². The zero-order valence-corrected chi connectivity index (χ0v) is 8.81. The number of nitrogens with one attached hydrogen (secondary N) is 1. The first-order valence-corrected chi connectivity index (χ1v) is 5.10. The van der Waals surface area contributed by atoms with Gasteiger partial charge in [-0.2, -0.15) is 0 Å². The Morgan fingerprint density at radius 2 is 2.20 bits per heavy atom. The largest absolute Gasteiger partial charge is 0.522 e. The standard InChI is InChI=1S/C9H17F3N2O/c1-14(5-6-15-9(10,11)12)8-3-2-4-13-7-8/h8,13H,2-7H2,1H3. The molecule has 1 atom stereocenters.